The monoisotopic (exact) mass is 437 g/mol. The molecule has 2 saturated carbocycles. The quantitative estimate of drug-likeness (QED) is 0.731. The lowest BCUT2D eigenvalue weighted by Gasteiger charge is -2.50. The molecular formula is C23H35NO5S. The van der Waals surface area contributed by atoms with Crippen LogP contribution in [0.15, 0.2) is 12.1 Å². The maximum atomic E-state index is 12.6. The normalized spacial score (nSPS) is 33.0. The van der Waals surface area contributed by atoms with E-state index in [0.29, 0.717) is 36.6 Å². The number of aliphatic hydroxyl groups is 1. The summed E-state index contributed by atoms with van der Waals surface area (Å²) < 4.78 is 37.7. The number of fused-ring (bicyclic) bond motifs is 5. The first-order chi connectivity index (χ1) is 14.2. The highest BCUT2D eigenvalue weighted by Crippen LogP contribution is 2.61. The minimum atomic E-state index is -3.86. The molecule has 4 rings (SSSR count). The molecule has 0 aliphatic heterocycles. The number of aryl methyl sites for hydroxylation is 1. The van der Waals surface area contributed by atoms with Crippen molar-refractivity contribution in [1.82, 2.24) is 4.31 Å². The van der Waals surface area contributed by atoms with Crippen molar-refractivity contribution in [3.05, 3.63) is 23.3 Å². The van der Waals surface area contributed by atoms with E-state index in [1.807, 2.05) is 12.1 Å². The topological polar surface area (TPSA) is 76.1 Å². The zero-order valence-corrected chi connectivity index (χ0v) is 19.4. The Labute approximate surface area is 180 Å². The number of hydrogen-bond donors (Lipinski definition) is 1. The molecule has 7 heteroatoms. The standard InChI is InChI=1S/C23H35NO5S/c1-5-24(6-2)30(26,27)29-21-13-15-7-8-17-16(18(15)14-20(21)28-4)11-12-23(3)19(17)9-10-22(23)25/h13-14,16-17,19,22,25H,5-12H2,1-4H3/t16?,17?,19?,22-,23-/m0/s1. The summed E-state index contributed by atoms with van der Waals surface area (Å²) in [5.74, 6) is 2.33. The Morgan fingerprint density at radius 3 is 2.53 bits per heavy atom. The van der Waals surface area contributed by atoms with Gasteiger partial charge in [0.05, 0.1) is 13.2 Å². The van der Waals surface area contributed by atoms with E-state index < -0.39 is 10.3 Å². The molecular weight excluding hydrogens is 402 g/mol. The molecule has 3 aliphatic carbocycles. The number of rotatable bonds is 6. The Bertz CT molecular complexity index is 897. The fourth-order valence-electron chi connectivity index (χ4n) is 6.48. The van der Waals surface area contributed by atoms with Crippen LogP contribution in [0.2, 0.25) is 0 Å². The molecule has 30 heavy (non-hydrogen) atoms. The third-order valence-electron chi connectivity index (χ3n) is 8.18. The fraction of sp³-hybridized carbons (Fsp3) is 0.739. The van der Waals surface area contributed by atoms with E-state index in [2.05, 4.69) is 6.92 Å². The number of hydrogen-bond acceptors (Lipinski definition) is 5. The van der Waals surface area contributed by atoms with E-state index in [1.54, 1.807) is 21.0 Å². The smallest absolute Gasteiger partial charge is 0.385 e. The second-order valence-corrected chi connectivity index (χ2v) is 10.9. The summed E-state index contributed by atoms with van der Waals surface area (Å²) in [6.45, 7) is 6.59. The van der Waals surface area contributed by atoms with Gasteiger partial charge in [-0.2, -0.15) is 12.7 Å². The molecule has 0 aromatic heterocycles. The lowest BCUT2D eigenvalue weighted by Crippen LogP contribution is -2.43. The van der Waals surface area contributed by atoms with Crippen molar-refractivity contribution in [3.63, 3.8) is 0 Å². The van der Waals surface area contributed by atoms with E-state index >= 15 is 0 Å². The summed E-state index contributed by atoms with van der Waals surface area (Å²) in [7, 11) is -2.30. The third-order valence-corrected chi connectivity index (χ3v) is 9.71. The second-order valence-electron chi connectivity index (χ2n) is 9.38. The highest BCUT2D eigenvalue weighted by Gasteiger charge is 2.54. The molecule has 1 aromatic rings. The van der Waals surface area contributed by atoms with E-state index in [-0.39, 0.29) is 17.3 Å². The molecule has 0 bridgehead atoms. The predicted octanol–water partition coefficient (Wildman–Crippen LogP) is 3.88. The highest BCUT2D eigenvalue weighted by atomic mass is 32.2. The van der Waals surface area contributed by atoms with Crippen LogP contribution < -0.4 is 8.92 Å². The molecule has 6 nitrogen and oxygen atoms in total. The minimum absolute atomic E-state index is 0.0453. The first-order valence-corrected chi connectivity index (χ1v) is 12.7. The van der Waals surface area contributed by atoms with Crippen molar-refractivity contribution in [3.8, 4) is 11.5 Å². The van der Waals surface area contributed by atoms with Gasteiger partial charge in [-0.1, -0.05) is 20.8 Å². The Kier molecular flexibility index (Phi) is 5.83. The third kappa shape index (κ3) is 3.43. The lowest BCUT2D eigenvalue weighted by molar-refractivity contribution is -0.0226. The van der Waals surface area contributed by atoms with Gasteiger partial charge in [-0.3, -0.25) is 0 Å². The first kappa shape index (κ1) is 21.9. The number of methoxy groups -OCH3 is 1. The van der Waals surface area contributed by atoms with Gasteiger partial charge in [0, 0.05) is 13.1 Å². The molecule has 168 valence electrons. The largest absolute Gasteiger partial charge is 0.493 e. The molecule has 5 atom stereocenters. The van der Waals surface area contributed by atoms with Crippen LogP contribution in [-0.2, 0) is 16.7 Å². The van der Waals surface area contributed by atoms with Crippen molar-refractivity contribution in [1.29, 1.82) is 0 Å². The summed E-state index contributed by atoms with van der Waals surface area (Å²) in [5, 5.41) is 10.6. The molecule has 0 spiro atoms. The first-order valence-electron chi connectivity index (χ1n) is 11.3. The number of nitrogens with zero attached hydrogens (tertiary/aromatic N) is 1. The Hall–Kier alpha value is -1.31. The molecule has 3 aliphatic rings. The Morgan fingerprint density at radius 1 is 1.13 bits per heavy atom. The molecule has 0 saturated heterocycles. The lowest BCUT2D eigenvalue weighted by atomic mass is 9.55. The predicted molar refractivity (Wildman–Crippen MR) is 116 cm³/mol. The zero-order chi connectivity index (χ0) is 21.7. The van der Waals surface area contributed by atoms with Crippen LogP contribution in [0.3, 0.4) is 0 Å². The summed E-state index contributed by atoms with van der Waals surface area (Å²) >= 11 is 0. The van der Waals surface area contributed by atoms with Crippen molar-refractivity contribution < 1.29 is 22.4 Å². The zero-order valence-electron chi connectivity index (χ0n) is 18.6. The van der Waals surface area contributed by atoms with Gasteiger partial charge in [0.2, 0.25) is 0 Å². The van der Waals surface area contributed by atoms with E-state index in [9.17, 15) is 13.5 Å². The number of benzene rings is 1. The van der Waals surface area contributed by atoms with E-state index in [0.717, 1.165) is 38.5 Å². The van der Waals surface area contributed by atoms with Gasteiger partial charge in [-0.05, 0) is 85.0 Å². The SMILES string of the molecule is CCN(CC)S(=O)(=O)Oc1cc2c(cc1OC)C1CC[C@@]3(C)C(CC[C@@H]3O)C1CC2. The van der Waals surface area contributed by atoms with Gasteiger partial charge in [-0.25, -0.2) is 0 Å². The van der Waals surface area contributed by atoms with Crippen LogP contribution in [0, 0.1) is 17.3 Å². The van der Waals surface area contributed by atoms with Gasteiger partial charge in [0.15, 0.2) is 11.5 Å². The van der Waals surface area contributed by atoms with Gasteiger partial charge in [-0.15, -0.1) is 0 Å². The summed E-state index contributed by atoms with van der Waals surface area (Å²) in [6.07, 6.45) is 5.93. The van der Waals surface area contributed by atoms with Crippen LogP contribution in [0.1, 0.15) is 69.9 Å². The van der Waals surface area contributed by atoms with Gasteiger partial charge >= 0.3 is 10.3 Å². The van der Waals surface area contributed by atoms with Crippen LogP contribution in [-0.4, -0.2) is 44.1 Å². The maximum Gasteiger partial charge on any atom is 0.385 e. The van der Waals surface area contributed by atoms with Crippen molar-refractivity contribution in [2.24, 2.45) is 17.3 Å². The van der Waals surface area contributed by atoms with Crippen molar-refractivity contribution in [2.45, 2.75) is 71.3 Å². The second kappa shape index (κ2) is 7.99. The van der Waals surface area contributed by atoms with Gasteiger partial charge < -0.3 is 14.0 Å². The van der Waals surface area contributed by atoms with Gasteiger partial charge in [0.1, 0.15) is 0 Å². The van der Waals surface area contributed by atoms with Crippen LogP contribution in [0.4, 0.5) is 0 Å². The number of aliphatic hydroxyl groups excluding tert-OH is 1. The van der Waals surface area contributed by atoms with Crippen LogP contribution in [0.5, 0.6) is 11.5 Å². The summed E-state index contributed by atoms with van der Waals surface area (Å²) in [5.41, 5.74) is 2.49. The van der Waals surface area contributed by atoms with E-state index in [4.69, 9.17) is 8.92 Å². The molecule has 0 amide bonds. The molecule has 3 unspecified atom stereocenters. The maximum absolute atomic E-state index is 12.6. The minimum Gasteiger partial charge on any atom is -0.493 e. The molecule has 0 radical (unpaired) electrons. The molecule has 1 N–H and O–H groups in total. The number of ether oxygens (including phenoxy) is 1. The summed E-state index contributed by atoms with van der Waals surface area (Å²) in [6, 6.07) is 3.88. The molecule has 1 aromatic carbocycles. The average molecular weight is 438 g/mol. The van der Waals surface area contributed by atoms with E-state index in [1.165, 1.54) is 15.4 Å². The van der Waals surface area contributed by atoms with Crippen LogP contribution in [0.25, 0.3) is 0 Å². The molecule has 0 heterocycles. The average Bonchev–Trinajstić information content (AvgIpc) is 3.02. The fourth-order valence-corrected chi connectivity index (χ4v) is 7.58. The Morgan fingerprint density at radius 2 is 1.87 bits per heavy atom. The summed E-state index contributed by atoms with van der Waals surface area (Å²) in [4.78, 5) is 0. The van der Waals surface area contributed by atoms with Crippen molar-refractivity contribution >= 4 is 10.3 Å². The Balaban J connectivity index is 1.66. The van der Waals surface area contributed by atoms with Gasteiger partial charge in [0.25, 0.3) is 0 Å². The highest BCUT2D eigenvalue weighted by molar-refractivity contribution is 7.84. The molecule has 2 fully saturated rings. The van der Waals surface area contributed by atoms with Crippen molar-refractivity contribution in [2.75, 3.05) is 20.2 Å². The van der Waals surface area contributed by atoms with Crippen LogP contribution >= 0.6 is 0 Å².